The molecular formula is C21H31F2N3O2. The van der Waals surface area contributed by atoms with Crippen molar-refractivity contribution in [2.24, 2.45) is 5.92 Å². The second-order valence-corrected chi connectivity index (χ2v) is 7.69. The predicted octanol–water partition coefficient (Wildman–Crippen LogP) is 3.10. The van der Waals surface area contributed by atoms with Crippen LogP contribution in [0.2, 0.25) is 0 Å². The van der Waals surface area contributed by atoms with Crippen molar-refractivity contribution in [2.45, 2.75) is 52.0 Å². The third kappa shape index (κ3) is 6.55. The van der Waals surface area contributed by atoms with Gasteiger partial charge in [0.15, 0.2) is 0 Å². The highest BCUT2D eigenvalue weighted by Gasteiger charge is 2.27. The number of halogens is 2. The van der Waals surface area contributed by atoms with Crippen LogP contribution in [-0.2, 0) is 4.79 Å². The number of benzene rings is 1. The highest BCUT2D eigenvalue weighted by molar-refractivity contribution is 5.98. The van der Waals surface area contributed by atoms with Crippen LogP contribution in [-0.4, -0.2) is 48.9 Å². The zero-order valence-electron chi connectivity index (χ0n) is 16.8. The highest BCUT2D eigenvalue weighted by atomic mass is 19.1. The van der Waals surface area contributed by atoms with Crippen molar-refractivity contribution in [2.75, 3.05) is 26.2 Å². The summed E-state index contributed by atoms with van der Waals surface area (Å²) in [4.78, 5) is 27.2. The number of amides is 2. The molecule has 1 atom stereocenters. The summed E-state index contributed by atoms with van der Waals surface area (Å²) in [5, 5.41) is 5.31. The van der Waals surface area contributed by atoms with Gasteiger partial charge in [-0.3, -0.25) is 9.59 Å². The van der Waals surface area contributed by atoms with Gasteiger partial charge in [0, 0.05) is 6.54 Å². The molecule has 0 bridgehead atoms. The number of hydrogen-bond acceptors (Lipinski definition) is 3. The van der Waals surface area contributed by atoms with Gasteiger partial charge in [0.2, 0.25) is 5.91 Å². The van der Waals surface area contributed by atoms with Crippen molar-refractivity contribution < 1.29 is 18.4 Å². The Bertz CT molecular complexity index is 639. The number of rotatable bonds is 8. The lowest BCUT2D eigenvalue weighted by molar-refractivity contribution is -0.123. The molecule has 156 valence electrons. The van der Waals surface area contributed by atoms with Gasteiger partial charge >= 0.3 is 0 Å². The molecule has 1 unspecified atom stereocenters. The van der Waals surface area contributed by atoms with Crippen molar-refractivity contribution in [1.82, 2.24) is 15.5 Å². The van der Waals surface area contributed by atoms with Crippen molar-refractivity contribution >= 4 is 11.8 Å². The Balaban J connectivity index is 1.85. The Labute approximate surface area is 165 Å². The molecule has 1 aliphatic rings. The predicted molar refractivity (Wildman–Crippen MR) is 105 cm³/mol. The van der Waals surface area contributed by atoms with Gasteiger partial charge in [0.25, 0.3) is 5.91 Å². The van der Waals surface area contributed by atoms with Crippen molar-refractivity contribution in [3.63, 3.8) is 0 Å². The molecule has 1 saturated heterocycles. The third-order valence-electron chi connectivity index (χ3n) is 5.07. The minimum absolute atomic E-state index is 0.218. The van der Waals surface area contributed by atoms with Gasteiger partial charge in [0.05, 0.1) is 0 Å². The van der Waals surface area contributed by atoms with Crippen molar-refractivity contribution in [3.8, 4) is 0 Å². The second-order valence-electron chi connectivity index (χ2n) is 7.69. The zero-order chi connectivity index (χ0) is 20.5. The quantitative estimate of drug-likeness (QED) is 0.665. The van der Waals surface area contributed by atoms with Gasteiger partial charge in [-0.05, 0) is 56.9 Å². The van der Waals surface area contributed by atoms with Crippen molar-refractivity contribution in [3.05, 3.63) is 35.4 Å². The maximum Gasteiger partial charge on any atom is 0.257 e. The van der Waals surface area contributed by atoms with Crippen molar-refractivity contribution in [1.29, 1.82) is 0 Å². The minimum Gasteiger partial charge on any atom is -0.354 e. The number of nitrogens with one attached hydrogen (secondary N) is 2. The van der Waals surface area contributed by atoms with E-state index in [0.717, 1.165) is 38.2 Å². The number of carbonyl (C=O) groups excluding carboxylic acids is 2. The molecule has 1 aliphatic heterocycles. The Morgan fingerprint density at radius 3 is 2.25 bits per heavy atom. The fourth-order valence-electron chi connectivity index (χ4n) is 3.45. The Kier molecular flexibility index (Phi) is 8.83. The van der Waals surface area contributed by atoms with E-state index in [1.54, 1.807) is 13.8 Å². The molecule has 2 amide bonds. The van der Waals surface area contributed by atoms with Crippen LogP contribution >= 0.6 is 0 Å². The monoisotopic (exact) mass is 395 g/mol. The molecule has 0 aliphatic carbocycles. The smallest absolute Gasteiger partial charge is 0.257 e. The number of carbonyl (C=O) groups is 2. The molecule has 1 fully saturated rings. The second kappa shape index (κ2) is 11.1. The molecule has 1 aromatic carbocycles. The topological polar surface area (TPSA) is 61.4 Å². The molecule has 0 spiro atoms. The van der Waals surface area contributed by atoms with Gasteiger partial charge in [-0.25, -0.2) is 8.78 Å². The summed E-state index contributed by atoms with van der Waals surface area (Å²) in [6, 6.07) is 2.37. The fourth-order valence-corrected chi connectivity index (χ4v) is 3.45. The molecule has 2 N–H and O–H groups in total. The molecule has 1 aromatic rings. The van der Waals surface area contributed by atoms with Crippen LogP contribution in [0.3, 0.4) is 0 Å². The van der Waals surface area contributed by atoms with Gasteiger partial charge in [-0.15, -0.1) is 0 Å². The molecule has 0 saturated carbocycles. The Hall–Kier alpha value is -2.02. The summed E-state index contributed by atoms with van der Waals surface area (Å²) in [7, 11) is 0. The fraction of sp³-hybridized carbons (Fsp3) is 0.619. The number of likely N-dealkylation sites (tertiary alicyclic amines) is 1. The van der Waals surface area contributed by atoms with Crippen LogP contribution in [0.15, 0.2) is 18.2 Å². The normalized spacial score (nSPS) is 16.5. The van der Waals surface area contributed by atoms with Gasteiger partial charge in [0.1, 0.15) is 23.2 Å². The lowest BCUT2D eigenvalue weighted by atomic mass is 10.0. The zero-order valence-corrected chi connectivity index (χ0v) is 16.8. The van der Waals surface area contributed by atoms with E-state index in [4.69, 9.17) is 0 Å². The molecule has 0 radical (unpaired) electrons. The van der Waals surface area contributed by atoms with Crippen LogP contribution in [0.1, 0.15) is 56.3 Å². The first-order chi connectivity index (χ1) is 13.4. The molecular weight excluding hydrogens is 364 g/mol. The Morgan fingerprint density at radius 2 is 1.68 bits per heavy atom. The van der Waals surface area contributed by atoms with Crippen LogP contribution in [0, 0.1) is 17.6 Å². The van der Waals surface area contributed by atoms with E-state index in [9.17, 15) is 18.4 Å². The molecule has 28 heavy (non-hydrogen) atoms. The van der Waals surface area contributed by atoms with Gasteiger partial charge in [-0.2, -0.15) is 0 Å². The summed E-state index contributed by atoms with van der Waals surface area (Å²) < 4.78 is 27.6. The molecule has 2 rings (SSSR count). The van der Waals surface area contributed by atoms with E-state index >= 15 is 0 Å². The number of nitrogens with zero attached hydrogens (tertiary/aromatic N) is 1. The lowest BCUT2D eigenvalue weighted by Gasteiger charge is -2.23. The van der Waals surface area contributed by atoms with E-state index in [1.807, 2.05) is 0 Å². The maximum absolute atomic E-state index is 13.8. The van der Waals surface area contributed by atoms with E-state index in [-0.39, 0.29) is 11.8 Å². The van der Waals surface area contributed by atoms with Crippen LogP contribution in [0.4, 0.5) is 8.78 Å². The maximum atomic E-state index is 13.8. The lowest BCUT2D eigenvalue weighted by Crippen LogP contribution is -2.50. The summed E-state index contributed by atoms with van der Waals surface area (Å²) in [6.07, 6.45) is 5.84. The molecule has 0 aromatic heterocycles. The first kappa shape index (κ1) is 22.3. The highest BCUT2D eigenvalue weighted by Crippen LogP contribution is 2.13. The minimum atomic E-state index is -0.946. The summed E-state index contributed by atoms with van der Waals surface area (Å²) >= 11 is 0. The van der Waals surface area contributed by atoms with E-state index in [0.29, 0.717) is 6.54 Å². The average Bonchev–Trinajstić information content (AvgIpc) is 2.91. The summed E-state index contributed by atoms with van der Waals surface area (Å²) in [6.45, 7) is 7.19. The summed E-state index contributed by atoms with van der Waals surface area (Å²) in [5.74, 6) is -3.37. The summed E-state index contributed by atoms with van der Waals surface area (Å²) in [5.41, 5.74) is -0.665. The van der Waals surface area contributed by atoms with Crippen LogP contribution in [0.25, 0.3) is 0 Å². The molecule has 1 heterocycles. The van der Waals surface area contributed by atoms with E-state index in [2.05, 4.69) is 15.5 Å². The average molecular weight is 395 g/mol. The third-order valence-corrected chi connectivity index (χ3v) is 5.07. The Morgan fingerprint density at radius 1 is 1.07 bits per heavy atom. The number of hydrogen-bond donors (Lipinski definition) is 2. The standard InChI is InChI=1S/C21H31F2N3O2/c1-15(2)19(25-20(27)18-16(22)9-7-10-17(18)23)21(28)24-11-8-14-26-12-5-3-4-6-13-26/h7,9-10,15,19H,3-6,8,11-14H2,1-2H3,(H,24,28)(H,25,27). The van der Waals surface area contributed by atoms with E-state index < -0.39 is 29.1 Å². The first-order valence-electron chi connectivity index (χ1n) is 10.1. The van der Waals surface area contributed by atoms with Gasteiger partial charge < -0.3 is 15.5 Å². The van der Waals surface area contributed by atoms with Crippen LogP contribution < -0.4 is 10.6 Å². The van der Waals surface area contributed by atoms with Gasteiger partial charge in [-0.1, -0.05) is 32.8 Å². The SMILES string of the molecule is CC(C)C(NC(=O)c1c(F)cccc1F)C(=O)NCCCN1CCCCCC1. The molecule has 7 heteroatoms. The largest absolute Gasteiger partial charge is 0.354 e. The van der Waals surface area contributed by atoms with E-state index in [1.165, 1.54) is 31.7 Å². The first-order valence-corrected chi connectivity index (χ1v) is 10.1. The van der Waals surface area contributed by atoms with Crippen LogP contribution in [0.5, 0.6) is 0 Å². The molecule has 5 nitrogen and oxygen atoms in total.